The van der Waals surface area contributed by atoms with Crippen molar-refractivity contribution >= 4 is 21.7 Å². The first-order chi connectivity index (χ1) is 14.8. The molecule has 0 radical (unpaired) electrons. The van der Waals surface area contributed by atoms with Crippen LogP contribution in [-0.2, 0) is 19.4 Å². The molecule has 0 spiro atoms. The number of sulfone groups is 1. The highest BCUT2D eigenvalue weighted by Gasteiger charge is 2.52. The zero-order valence-electron chi connectivity index (χ0n) is 17.7. The van der Waals surface area contributed by atoms with Crippen molar-refractivity contribution in [1.29, 1.82) is 5.26 Å². The number of rotatable bonds is 5. The minimum Gasteiger partial charge on any atom is -0.340 e. The summed E-state index contributed by atoms with van der Waals surface area (Å²) in [6.45, 7) is 2.63. The summed E-state index contributed by atoms with van der Waals surface area (Å²) >= 11 is 0. The average Bonchev–Trinajstić information content (AvgIpc) is 3.39. The third kappa shape index (κ3) is 4.32. The van der Waals surface area contributed by atoms with Gasteiger partial charge >= 0.3 is 0 Å². The van der Waals surface area contributed by atoms with Crippen LogP contribution in [0.4, 0.5) is 0 Å². The predicted molar refractivity (Wildman–Crippen MR) is 113 cm³/mol. The van der Waals surface area contributed by atoms with E-state index in [2.05, 4.69) is 16.3 Å². The second-order valence-electron chi connectivity index (χ2n) is 8.98. The van der Waals surface area contributed by atoms with Crippen molar-refractivity contribution in [2.45, 2.75) is 41.4 Å². The molecule has 31 heavy (non-hydrogen) atoms. The van der Waals surface area contributed by atoms with Gasteiger partial charge in [0.1, 0.15) is 5.54 Å². The molecule has 1 heterocycles. The first kappa shape index (κ1) is 21.8. The van der Waals surface area contributed by atoms with Gasteiger partial charge in [-0.3, -0.25) is 9.59 Å². The molecular formula is C22H28N4O4S. The summed E-state index contributed by atoms with van der Waals surface area (Å²) in [5.74, 6) is -1.97. The van der Waals surface area contributed by atoms with Gasteiger partial charge in [-0.2, -0.15) is 5.26 Å². The van der Waals surface area contributed by atoms with E-state index in [4.69, 9.17) is 0 Å². The lowest BCUT2D eigenvalue weighted by molar-refractivity contribution is -0.142. The zero-order chi connectivity index (χ0) is 22.2. The molecule has 4 rings (SSSR count). The molecule has 3 fully saturated rings. The van der Waals surface area contributed by atoms with Gasteiger partial charge in [0.2, 0.25) is 11.8 Å². The van der Waals surface area contributed by atoms with Crippen LogP contribution in [0.15, 0.2) is 35.2 Å². The van der Waals surface area contributed by atoms with Gasteiger partial charge in [0.25, 0.3) is 0 Å². The van der Waals surface area contributed by atoms with Crippen LogP contribution in [0.2, 0.25) is 0 Å². The van der Waals surface area contributed by atoms with Crippen molar-refractivity contribution in [2.24, 2.45) is 11.8 Å². The van der Waals surface area contributed by atoms with Gasteiger partial charge in [-0.1, -0.05) is 18.2 Å². The number of piperazine rings is 1. The van der Waals surface area contributed by atoms with Gasteiger partial charge < -0.3 is 15.1 Å². The topological polar surface area (TPSA) is 111 Å². The highest BCUT2D eigenvalue weighted by Crippen LogP contribution is 2.41. The molecule has 8 nitrogen and oxygen atoms in total. The highest BCUT2D eigenvalue weighted by molar-refractivity contribution is 7.92. The van der Waals surface area contributed by atoms with Gasteiger partial charge in [-0.05, 0) is 44.9 Å². The van der Waals surface area contributed by atoms with Crippen molar-refractivity contribution in [2.75, 3.05) is 33.2 Å². The smallest absolute Gasteiger partial charge is 0.226 e. The Morgan fingerprint density at radius 1 is 1.06 bits per heavy atom. The Bertz CT molecular complexity index is 992. The number of nitrogens with zero attached hydrogens (tertiary/aromatic N) is 3. The molecular weight excluding hydrogens is 416 g/mol. The first-order valence-electron chi connectivity index (χ1n) is 10.8. The number of carbonyl (C=O) groups is 2. The third-order valence-corrected chi connectivity index (χ3v) is 9.02. The molecule has 2 amide bonds. The molecule has 1 N–H and O–H groups in total. The van der Waals surface area contributed by atoms with E-state index in [9.17, 15) is 23.3 Å². The molecule has 166 valence electrons. The number of nitriles is 1. The number of amides is 2. The summed E-state index contributed by atoms with van der Waals surface area (Å²) in [5, 5.41) is 11.3. The Balaban J connectivity index is 1.58. The second kappa shape index (κ2) is 8.24. The fourth-order valence-electron chi connectivity index (χ4n) is 4.59. The van der Waals surface area contributed by atoms with Crippen LogP contribution in [-0.4, -0.2) is 74.0 Å². The highest BCUT2D eigenvalue weighted by atomic mass is 32.2. The monoisotopic (exact) mass is 444 g/mol. The third-order valence-electron chi connectivity index (χ3n) is 6.83. The minimum absolute atomic E-state index is 0.0920. The van der Waals surface area contributed by atoms with Crippen molar-refractivity contribution in [1.82, 2.24) is 15.1 Å². The van der Waals surface area contributed by atoms with E-state index >= 15 is 0 Å². The first-order valence-corrected chi connectivity index (χ1v) is 12.3. The zero-order valence-corrected chi connectivity index (χ0v) is 18.5. The number of nitrogens with one attached hydrogen (secondary N) is 1. The Morgan fingerprint density at radius 2 is 1.68 bits per heavy atom. The Hall–Kier alpha value is -2.44. The molecule has 3 aliphatic rings. The van der Waals surface area contributed by atoms with Crippen molar-refractivity contribution in [3.8, 4) is 6.07 Å². The van der Waals surface area contributed by atoms with Gasteiger partial charge in [-0.25, -0.2) is 8.42 Å². The quantitative estimate of drug-likeness (QED) is 0.719. The fourth-order valence-corrected chi connectivity index (χ4v) is 6.43. The molecule has 3 atom stereocenters. The van der Waals surface area contributed by atoms with Gasteiger partial charge in [0.15, 0.2) is 9.84 Å². The van der Waals surface area contributed by atoms with Gasteiger partial charge in [0, 0.05) is 26.2 Å². The number of benzene rings is 1. The standard InChI is InChI=1S/C22H28N4O4S/c1-25-9-11-26(12-10-25)21(28)19-14-17(31(29,30)16-5-3-2-4-6-16)13-18(19)20(27)24-22(15-23)7-8-22/h2-6,17-19H,7-14H2,1H3,(H,24,27)/t17-,18-,19-/m1/s1. The van der Waals surface area contributed by atoms with Gasteiger partial charge in [-0.15, -0.1) is 0 Å². The molecule has 0 unspecified atom stereocenters. The number of hydrogen-bond donors (Lipinski definition) is 1. The molecule has 1 aromatic carbocycles. The lowest BCUT2D eigenvalue weighted by Gasteiger charge is -2.35. The van der Waals surface area contributed by atoms with Crippen molar-refractivity contribution in [3.63, 3.8) is 0 Å². The molecule has 2 saturated carbocycles. The van der Waals surface area contributed by atoms with E-state index in [0.717, 1.165) is 13.1 Å². The molecule has 1 aliphatic heterocycles. The fraction of sp³-hybridized carbons (Fsp3) is 0.591. The normalized spacial score (nSPS) is 28.0. The average molecular weight is 445 g/mol. The number of hydrogen-bond acceptors (Lipinski definition) is 6. The second-order valence-corrected chi connectivity index (χ2v) is 11.2. The van der Waals surface area contributed by atoms with E-state index in [1.165, 1.54) is 0 Å². The molecule has 1 aromatic rings. The van der Waals surface area contributed by atoms with Crippen LogP contribution in [0.3, 0.4) is 0 Å². The summed E-state index contributed by atoms with van der Waals surface area (Å²) < 4.78 is 26.5. The van der Waals surface area contributed by atoms with E-state index < -0.39 is 32.5 Å². The van der Waals surface area contributed by atoms with Crippen LogP contribution in [0.25, 0.3) is 0 Å². The predicted octanol–water partition coefficient (Wildman–Crippen LogP) is 0.801. The molecule has 0 bridgehead atoms. The summed E-state index contributed by atoms with van der Waals surface area (Å²) in [6, 6.07) is 10.3. The van der Waals surface area contributed by atoms with E-state index in [0.29, 0.717) is 25.9 Å². The number of carbonyl (C=O) groups excluding carboxylic acids is 2. The van der Waals surface area contributed by atoms with Gasteiger partial charge in [0.05, 0.1) is 28.1 Å². The van der Waals surface area contributed by atoms with Crippen molar-refractivity contribution < 1.29 is 18.0 Å². The largest absolute Gasteiger partial charge is 0.340 e. The van der Waals surface area contributed by atoms with Crippen LogP contribution >= 0.6 is 0 Å². The molecule has 9 heteroatoms. The Kier molecular flexibility index (Phi) is 5.79. The lowest BCUT2D eigenvalue weighted by Crippen LogP contribution is -2.51. The maximum Gasteiger partial charge on any atom is 0.226 e. The van der Waals surface area contributed by atoms with Crippen LogP contribution in [0.5, 0.6) is 0 Å². The molecule has 1 saturated heterocycles. The minimum atomic E-state index is -3.67. The van der Waals surface area contributed by atoms with Crippen LogP contribution < -0.4 is 5.32 Å². The summed E-state index contributed by atoms with van der Waals surface area (Å²) in [7, 11) is -1.68. The van der Waals surface area contributed by atoms with E-state index in [-0.39, 0.29) is 29.6 Å². The summed E-state index contributed by atoms with van der Waals surface area (Å²) in [5.41, 5.74) is -0.852. The van der Waals surface area contributed by atoms with E-state index in [1.54, 1.807) is 35.2 Å². The Morgan fingerprint density at radius 3 is 2.26 bits per heavy atom. The van der Waals surface area contributed by atoms with Crippen LogP contribution in [0.1, 0.15) is 25.7 Å². The number of likely N-dealkylation sites (N-methyl/N-ethyl adjacent to an activating group) is 1. The summed E-state index contributed by atoms with van der Waals surface area (Å²) in [4.78, 5) is 30.5. The maximum atomic E-state index is 13.3. The van der Waals surface area contributed by atoms with Crippen molar-refractivity contribution in [3.05, 3.63) is 30.3 Å². The molecule has 2 aliphatic carbocycles. The SMILES string of the molecule is CN1CCN(C(=O)[C@@H]2C[C@H](S(=O)(=O)c3ccccc3)C[C@H]2C(=O)NC2(C#N)CC2)CC1. The Labute approximate surface area is 183 Å². The lowest BCUT2D eigenvalue weighted by atomic mass is 9.93. The maximum absolute atomic E-state index is 13.3. The van der Waals surface area contributed by atoms with Crippen LogP contribution in [0, 0.1) is 23.2 Å². The molecule has 0 aromatic heterocycles. The van der Waals surface area contributed by atoms with E-state index in [1.807, 2.05) is 7.05 Å². The summed E-state index contributed by atoms with van der Waals surface area (Å²) in [6.07, 6.45) is 1.39.